The molecule has 0 spiro atoms. The molecule has 2 aromatic rings. The Balaban J connectivity index is 0.00000161. The maximum Gasteiger partial charge on any atom is 0.251 e. The standard InChI is InChI=1S/C13H16N6O.ClH/c20-13(16-11-4-6-14-7-5-11)10-2-1-3-12(8-10)19-9-15-17-18-19;/h1-3,8-9,11,14H,4-7H2,(H,16,20);1H. The lowest BCUT2D eigenvalue weighted by atomic mass is 10.1. The largest absolute Gasteiger partial charge is 0.349 e. The van der Waals surface area contributed by atoms with Crippen LogP contribution < -0.4 is 10.6 Å². The number of hydrogen-bond acceptors (Lipinski definition) is 5. The van der Waals surface area contributed by atoms with Gasteiger partial charge in [0, 0.05) is 11.6 Å². The molecular weight excluding hydrogens is 292 g/mol. The van der Waals surface area contributed by atoms with Gasteiger partial charge in [-0.05, 0) is 54.6 Å². The summed E-state index contributed by atoms with van der Waals surface area (Å²) in [5.74, 6) is -0.0492. The van der Waals surface area contributed by atoms with Crippen LogP contribution in [0.2, 0.25) is 0 Å². The lowest BCUT2D eigenvalue weighted by Crippen LogP contribution is -2.42. The molecule has 0 unspecified atom stereocenters. The number of halogens is 1. The number of nitrogens with one attached hydrogen (secondary N) is 2. The van der Waals surface area contributed by atoms with Crippen molar-refractivity contribution in [3.63, 3.8) is 0 Å². The van der Waals surface area contributed by atoms with Crippen molar-refractivity contribution in [2.75, 3.05) is 13.1 Å². The summed E-state index contributed by atoms with van der Waals surface area (Å²) in [6.45, 7) is 1.91. The molecule has 112 valence electrons. The molecule has 1 saturated heterocycles. The second kappa shape index (κ2) is 7.14. The molecule has 3 rings (SSSR count). The van der Waals surface area contributed by atoms with Crippen LogP contribution in [0.15, 0.2) is 30.6 Å². The summed E-state index contributed by atoms with van der Waals surface area (Å²) in [6, 6.07) is 7.52. The van der Waals surface area contributed by atoms with Crippen LogP contribution in [0.1, 0.15) is 23.2 Å². The van der Waals surface area contributed by atoms with E-state index in [9.17, 15) is 4.79 Å². The molecule has 0 aliphatic carbocycles. The van der Waals surface area contributed by atoms with Crippen molar-refractivity contribution in [2.45, 2.75) is 18.9 Å². The van der Waals surface area contributed by atoms with Crippen molar-refractivity contribution < 1.29 is 4.79 Å². The van der Waals surface area contributed by atoms with Crippen molar-refractivity contribution in [3.05, 3.63) is 36.2 Å². The third-order valence-corrected chi connectivity index (χ3v) is 3.40. The van der Waals surface area contributed by atoms with Crippen LogP contribution in [-0.2, 0) is 0 Å². The highest BCUT2D eigenvalue weighted by molar-refractivity contribution is 5.94. The van der Waals surface area contributed by atoms with Gasteiger partial charge in [0.2, 0.25) is 0 Å². The van der Waals surface area contributed by atoms with Crippen LogP contribution in [0.3, 0.4) is 0 Å². The predicted octanol–water partition coefficient (Wildman–Crippen LogP) is 0.566. The minimum Gasteiger partial charge on any atom is -0.349 e. The van der Waals surface area contributed by atoms with Gasteiger partial charge in [-0.2, -0.15) is 0 Å². The van der Waals surface area contributed by atoms with E-state index in [1.165, 1.54) is 11.0 Å². The van der Waals surface area contributed by atoms with Gasteiger partial charge in [0.1, 0.15) is 6.33 Å². The molecule has 1 aliphatic rings. The first-order chi connectivity index (χ1) is 9.83. The highest BCUT2D eigenvalue weighted by atomic mass is 35.5. The number of carbonyl (C=O) groups excluding carboxylic acids is 1. The molecule has 1 aliphatic heterocycles. The highest BCUT2D eigenvalue weighted by Crippen LogP contribution is 2.10. The van der Waals surface area contributed by atoms with Gasteiger partial charge in [-0.3, -0.25) is 4.79 Å². The summed E-state index contributed by atoms with van der Waals surface area (Å²) in [7, 11) is 0. The summed E-state index contributed by atoms with van der Waals surface area (Å²) < 4.78 is 1.53. The molecule has 21 heavy (non-hydrogen) atoms. The molecule has 1 aromatic heterocycles. The number of hydrogen-bond donors (Lipinski definition) is 2. The van der Waals surface area contributed by atoms with E-state index >= 15 is 0 Å². The molecule has 1 amide bonds. The van der Waals surface area contributed by atoms with E-state index in [-0.39, 0.29) is 24.4 Å². The van der Waals surface area contributed by atoms with Gasteiger partial charge < -0.3 is 10.6 Å². The maximum atomic E-state index is 12.2. The number of tetrazole rings is 1. The van der Waals surface area contributed by atoms with Gasteiger partial charge in [0.25, 0.3) is 5.91 Å². The molecule has 2 N–H and O–H groups in total. The number of benzene rings is 1. The van der Waals surface area contributed by atoms with Gasteiger partial charge in [-0.25, -0.2) is 4.68 Å². The average molecular weight is 309 g/mol. The number of aromatic nitrogens is 4. The van der Waals surface area contributed by atoms with Crippen LogP contribution in [0.4, 0.5) is 0 Å². The number of nitrogens with zero attached hydrogens (tertiary/aromatic N) is 4. The minimum absolute atomic E-state index is 0. The summed E-state index contributed by atoms with van der Waals surface area (Å²) in [6.07, 6.45) is 3.45. The van der Waals surface area contributed by atoms with Gasteiger partial charge in [-0.15, -0.1) is 17.5 Å². The summed E-state index contributed by atoms with van der Waals surface area (Å²) in [4.78, 5) is 12.2. The fourth-order valence-electron chi connectivity index (χ4n) is 2.30. The predicted molar refractivity (Wildman–Crippen MR) is 79.8 cm³/mol. The van der Waals surface area contributed by atoms with E-state index in [4.69, 9.17) is 0 Å². The number of amides is 1. The normalized spacial score (nSPS) is 15.2. The zero-order valence-electron chi connectivity index (χ0n) is 11.4. The first-order valence-electron chi connectivity index (χ1n) is 6.68. The van der Waals surface area contributed by atoms with E-state index in [1.54, 1.807) is 12.1 Å². The van der Waals surface area contributed by atoms with Crippen molar-refractivity contribution in [1.29, 1.82) is 0 Å². The number of rotatable bonds is 3. The zero-order valence-corrected chi connectivity index (χ0v) is 12.2. The minimum atomic E-state index is -0.0492. The maximum absolute atomic E-state index is 12.2. The van der Waals surface area contributed by atoms with Gasteiger partial charge in [0.05, 0.1) is 5.69 Å². The first-order valence-corrected chi connectivity index (χ1v) is 6.68. The molecule has 1 fully saturated rings. The fourth-order valence-corrected chi connectivity index (χ4v) is 2.30. The van der Waals surface area contributed by atoms with Crippen molar-refractivity contribution in [3.8, 4) is 5.69 Å². The van der Waals surface area contributed by atoms with E-state index in [0.29, 0.717) is 5.56 Å². The Labute approximate surface area is 128 Å². The Morgan fingerprint density at radius 3 is 2.86 bits per heavy atom. The van der Waals surface area contributed by atoms with Crippen LogP contribution in [0, 0.1) is 0 Å². The lowest BCUT2D eigenvalue weighted by Gasteiger charge is -2.23. The molecule has 7 nitrogen and oxygen atoms in total. The highest BCUT2D eigenvalue weighted by Gasteiger charge is 2.16. The monoisotopic (exact) mass is 308 g/mol. The molecule has 0 atom stereocenters. The Bertz CT molecular complexity index is 582. The van der Waals surface area contributed by atoms with Crippen LogP contribution in [0.25, 0.3) is 5.69 Å². The fraction of sp³-hybridized carbons (Fsp3) is 0.385. The Hall–Kier alpha value is -1.99. The summed E-state index contributed by atoms with van der Waals surface area (Å²) in [5.41, 5.74) is 1.39. The van der Waals surface area contributed by atoms with Crippen LogP contribution in [-0.4, -0.2) is 45.2 Å². The van der Waals surface area contributed by atoms with Gasteiger partial charge in [0.15, 0.2) is 0 Å². The molecule has 0 bridgehead atoms. The number of carbonyl (C=O) groups is 1. The molecule has 0 saturated carbocycles. The third-order valence-electron chi connectivity index (χ3n) is 3.40. The smallest absolute Gasteiger partial charge is 0.251 e. The number of piperidine rings is 1. The quantitative estimate of drug-likeness (QED) is 0.866. The van der Waals surface area contributed by atoms with Gasteiger partial charge >= 0.3 is 0 Å². The summed E-state index contributed by atoms with van der Waals surface area (Å²) >= 11 is 0. The molecule has 1 aromatic carbocycles. The Morgan fingerprint density at radius 1 is 1.33 bits per heavy atom. The van der Waals surface area contributed by atoms with E-state index in [2.05, 4.69) is 26.2 Å². The molecular formula is C13H17ClN6O. The third kappa shape index (κ3) is 3.77. The van der Waals surface area contributed by atoms with E-state index in [0.717, 1.165) is 31.6 Å². The lowest BCUT2D eigenvalue weighted by molar-refractivity contribution is 0.0929. The second-order valence-corrected chi connectivity index (χ2v) is 4.80. The second-order valence-electron chi connectivity index (χ2n) is 4.80. The Kier molecular flexibility index (Phi) is 5.24. The topological polar surface area (TPSA) is 84.7 Å². The van der Waals surface area contributed by atoms with Crippen LogP contribution >= 0.6 is 12.4 Å². The molecule has 8 heteroatoms. The first kappa shape index (κ1) is 15.4. The molecule has 2 heterocycles. The van der Waals surface area contributed by atoms with E-state index < -0.39 is 0 Å². The van der Waals surface area contributed by atoms with Crippen molar-refractivity contribution in [2.24, 2.45) is 0 Å². The molecule has 0 radical (unpaired) electrons. The van der Waals surface area contributed by atoms with E-state index in [1.807, 2.05) is 12.1 Å². The Morgan fingerprint density at radius 2 is 2.14 bits per heavy atom. The average Bonchev–Trinajstić information content (AvgIpc) is 3.03. The summed E-state index contributed by atoms with van der Waals surface area (Å²) in [5, 5.41) is 17.3. The van der Waals surface area contributed by atoms with Crippen molar-refractivity contribution >= 4 is 18.3 Å². The SMILES string of the molecule is Cl.O=C(NC1CCNCC1)c1cccc(-n2cnnn2)c1. The van der Waals surface area contributed by atoms with Crippen LogP contribution in [0.5, 0.6) is 0 Å². The van der Waals surface area contributed by atoms with Crippen molar-refractivity contribution in [1.82, 2.24) is 30.8 Å². The van der Waals surface area contributed by atoms with Gasteiger partial charge in [-0.1, -0.05) is 6.07 Å². The zero-order chi connectivity index (χ0) is 13.8.